The van der Waals surface area contributed by atoms with Crippen LogP contribution in [0.3, 0.4) is 0 Å². The first-order valence-electron chi connectivity index (χ1n) is 12.6. The Balaban J connectivity index is 1.35. The first-order chi connectivity index (χ1) is 17.6. The molecule has 3 fully saturated rings. The highest BCUT2D eigenvalue weighted by Crippen LogP contribution is 2.36. The van der Waals surface area contributed by atoms with Gasteiger partial charge in [-0.2, -0.15) is 10.4 Å². The predicted octanol–water partition coefficient (Wildman–Crippen LogP) is 3.47. The molecular weight excluding hydrogens is 472 g/mol. The van der Waals surface area contributed by atoms with E-state index >= 15 is 0 Å². The molecule has 3 aliphatic heterocycles. The van der Waals surface area contributed by atoms with Crippen LogP contribution in [-0.4, -0.2) is 74.7 Å². The van der Waals surface area contributed by atoms with Crippen LogP contribution >= 0.6 is 0 Å². The fourth-order valence-corrected chi connectivity index (χ4v) is 4.88. The van der Waals surface area contributed by atoms with Crippen LogP contribution in [0, 0.1) is 17.2 Å². The molecule has 1 amide bonds. The minimum absolute atomic E-state index is 0.112. The van der Waals surface area contributed by atoms with Crippen molar-refractivity contribution in [2.24, 2.45) is 5.92 Å². The summed E-state index contributed by atoms with van der Waals surface area (Å²) in [6.07, 6.45) is 5.78. The number of aliphatic hydroxyl groups is 1. The van der Waals surface area contributed by atoms with Crippen molar-refractivity contribution in [1.29, 1.82) is 5.26 Å². The van der Waals surface area contributed by atoms with Gasteiger partial charge in [0.15, 0.2) is 0 Å². The lowest BCUT2D eigenvalue weighted by atomic mass is 9.88. The quantitative estimate of drug-likeness (QED) is 0.520. The van der Waals surface area contributed by atoms with Crippen LogP contribution in [0.25, 0.3) is 16.6 Å². The zero-order valence-electron chi connectivity index (χ0n) is 21.6. The second kappa shape index (κ2) is 9.56. The maximum absolute atomic E-state index is 12.5. The molecule has 0 saturated carbocycles. The number of nitrogens with zero attached hydrogens (tertiary/aromatic N) is 6. The van der Waals surface area contributed by atoms with Gasteiger partial charge >= 0.3 is 6.09 Å². The van der Waals surface area contributed by atoms with Gasteiger partial charge in [0.05, 0.1) is 47.8 Å². The molecule has 2 bridgehead atoms. The lowest BCUT2D eigenvalue weighted by Gasteiger charge is -2.55. The topological polar surface area (TPSA) is 116 Å². The number of aromatic nitrogens is 3. The van der Waals surface area contributed by atoms with E-state index in [9.17, 15) is 15.2 Å². The first-order valence-corrected chi connectivity index (χ1v) is 12.6. The lowest BCUT2D eigenvalue weighted by Crippen LogP contribution is -2.70. The van der Waals surface area contributed by atoms with Gasteiger partial charge in [-0.1, -0.05) is 13.8 Å². The fourth-order valence-electron chi connectivity index (χ4n) is 4.88. The maximum Gasteiger partial charge on any atom is 0.410 e. The average Bonchev–Trinajstić information content (AvgIpc) is 3.28. The number of anilines is 1. The predicted molar refractivity (Wildman–Crippen MR) is 137 cm³/mol. The van der Waals surface area contributed by atoms with Gasteiger partial charge in [-0.3, -0.25) is 4.90 Å². The van der Waals surface area contributed by atoms with Crippen LogP contribution in [0.2, 0.25) is 0 Å². The summed E-state index contributed by atoms with van der Waals surface area (Å²) in [5.74, 6) is 1.68. The lowest BCUT2D eigenvalue weighted by molar-refractivity contribution is -0.00826. The number of amides is 1. The fraction of sp³-hybridized carbons (Fsp3) is 0.481. The van der Waals surface area contributed by atoms with Crippen molar-refractivity contribution in [2.75, 3.05) is 31.2 Å². The van der Waals surface area contributed by atoms with Crippen molar-refractivity contribution in [3.05, 3.63) is 42.4 Å². The van der Waals surface area contributed by atoms with Crippen molar-refractivity contribution >= 4 is 17.4 Å². The average molecular weight is 505 g/mol. The smallest absolute Gasteiger partial charge is 0.410 e. The monoisotopic (exact) mass is 504 g/mol. The Kier molecular flexibility index (Phi) is 6.42. The highest BCUT2D eigenvalue weighted by Gasteiger charge is 2.48. The molecular formula is C27H32N6O4. The molecule has 0 aromatic carbocycles. The van der Waals surface area contributed by atoms with Gasteiger partial charge in [0.25, 0.3) is 0 Å². The number of ether oxygens (including phenoxy) is 2. The van der Waals surface area contributed by atoms with Crippen molar-refractivity contribution in [1.82, 2.24) is 19.5 Å². The third kappa shape index (κ3) is 5.04. The normalized spacial score (nSPS) is 19.1. The van der Waals surface area contributed by atoms with Crippen LogP contribution in [0.5, 0.6) is 5.75 Å². The van der Waals surface area contributed by atoms with E-state index < -0.39 is 5.60 Å². The molecule has 2 atom stereocenters. The Morgan fingerprint density at radius 2 is 2.03 bits per heavy atom. The molecule has 2 unspecified atom stereocenters. The van der Waals surface area contributed by atoms with Crippen LogP contribution in [0.15, 0.2) is 36.8 Å². The number of carbonyl (C=O) groups excluding carboxylic acids is 1. The number of hydrogen-bond acceptors (Lipinski definition) is 8. The zero-order chi connectivity index (χ0) is 26.3. The van der Waals surface area contributed by atoms with Gasteiger partial charge in [-0.25, -0.2) is 14.3 Å². The number of piperazine rings is 1. The highest BCUT2D eigenvalue weighted by atomic mass is 16.6. The summed E-state index contributed by atoms with van der Waals surface area (Å²) < 4.78 is 12.9. The number of nitriles is 1. The van der Waals surface area contributed by atoms with E-state index in [1.807, 2.05) is 36.9 Å². The number of fused-ring (bicyclic) bond motifs is 3. The number of pyridine rings is 2. The Morgan fingerprint density at radius 1 is 1.27 bits per heavy atom. The zero-order valence-corrected chi connectivity index (χ0v) is 21.6. The molecule has 10 heteroatoms. The summed E-state index contributed by atoms with van der Waals surface area (Å²) in [5, 5.41) is 24.0. The summed E-state index contributed by atoms with van der Waals surface area (Å²) in [7, 11) is 0. The van der Waals surface area contributed by atoms with E-state index in [-0.39, 0.29) is 24.8 Å². The van der Waals surface area contributed by atoms with Gasteiger partial charge in [-0.15, -0.1) is 0 Å². The third-order valence-electron chi connectivity index (χ3n) is 6.63. The van der Waals surface area contributed by atoms with Gasteiger partial charge in [0, 0.05) is 30.4 Å². The molecule has 3 aliphatic rings. The molecule has 0 radical (unpaired) electrons. The maximum atomic E-state index is 12.5. The molecule has 194 valence electrons. The van der Waals surface area contributed by atoms with Crippen molar-refractivity contribution in [3.63, 3.8) is 0 Å². The molecule has 3 saturated heterocycles. The number of rotatable bonds is 7. The van der Waals surface area contributed by atoms with E-state index in [0.717, 1.165) is 23.4 Å². The van der Waals surface area contributed by atoms with E-state index in [0.29, 0.717) is 42.4 Å². The molecule has 6 heterocycles. The molecule has 6 rings (SSSR count). The van der Waals surface area contributed by atoms with E-state index in [4.69, 9.17) is 14.5 Å². The summed E-state index contributed by atoms with van der Waals surface area (Å²) >= 11 is 0. The third-order valence-corrected chi connectivity index (χ3v) is 6.63. The van der Waals surface area contributed by atoms with Crippen LogP contribution in [0.1, 0.15) is 39.7 Å². The van der Waals surface area contributed by atoms with E-state index in [1.54, 1.807) is 30.8 Å². The highest BCUT2D eigenvalue weighted by molar-refractivity contribution is 5.85. The molecule has 3 aromatic rings. The van der Waals surface area contributed by atoms with Crippen LogP contribution in [-0.2, 0) is 4.74 Å². The standard InChI is InChI=1S/C27H32N6O4/c1-17(2)15-36-26(34)33-20-7-21(33)13-31(12-20)24-6-5-18(10-29-24)23-8-22(37-16-27(3,4)35)14-32-25(23)19(9-28)11-30-32/h5-6,8,10-11,14,17,20-21,35H,7,12-13,15-16H2,1-4H3. The Hall–Kier alpha value is -3.84. The van der Waals surface area contributed by atoms with Gasteiger partial charge in [-0.05, 0) is 44.4 Å². The van der Waals surface area contributed by atoms with Gasteiger partial charge in [0.2, 0.25) is 0 Å². The Morgan fingerprint density at radius 3 is 2.65 bits per heavy atom. The molecule has 10 nitrogen and oxygen atoms in total. The Bertz CT molecular complexity index is 1330. The van der Waals surface area contributed by atoms with Gasteiger partial charge in [0.1, 0.15) is 24.2 Å². The summed E-state index contributed by atoms with van der Waals surface area (Å²) in [6.45, 7) is 9.38. The minimum Gasteiger partial charge on any atom is -0.489 e. The molecule has 37 heavy (non-hydrogen) atoms. The largest absolute Gasteiger partial charge is 0.489 e. The van der Waals surface area contributed by atoms with Crippen molar-refractivity contribution in [2.45, 2.75) is 51.8 Å². The molecule has 0 aliphatic carbocycles. The second-order valence-corrected chi connectivity index (χ2v) is 10.9. The van der Waals surface area contributed by atoms with Crippen molar-refractivity contribution < 1.29 is 19.4 Å². The number of hydrogen-bond donors (Lipinski definition) is 1. The van der Waals surface area contributed by atoms with Crippen molar-refractivity contribution in [3.8, 4) is 22.9 Å². The van der Waals surface area contributed by atoms with E-state index in [2.05, 4.69) is 16.1 Å². The van der Waals surface area contributed by atoms with Gasteiger partial charge < -0.3 is 19.5 Å². The molecule has 3 aromatic heterocycles. The molecule has 1 N–H and O–H groups in total. The number of piperidine rings is 1. The van der Waals surface area contributed by atoms with E-state index in [1.165, 1.54) is 6.20 Å². The summed E-state index contributed by atoms with van der Waals surface area (Å²) in [4.78, 5) is 21.3. The summed E-state index contributed by atoms with van der Waals surface area (Å²) in [6, 6.07) is 8.25. The number of carbonyl (C=O) groups is 1. The minimum atomic E-state index is -0.990. The summed E-state index contributed by atoms with van der Waals surface area (Å²) in [5.41, 5.74) is 1.72. The Labute approximate surface area is 216 Å². The SMILES string of the molecule is CC(C)COC(=O)N1C2CC1CN(c1ccc(-c3cc(OCC(C)(C)O)cn4ncc(C#N)c34)cn1)C2. The molecule has 0 spiro atoms. The first kappa shape index (κ1) is 24.8. The van der Waals surface area contributed by atoms with Crippen LogP contribution < -0.4 is 9.64 Å². The van der Waals surface area contributed by atoms with Crippen LogP contribution in [0.4, 0.5) is 10.6 Å². The second-order valence-electron chi connectivity index (χ2n) is 10.9.